The van der Waals surface area contributed by atoms with Gasteiger partial charge in [-0.2, -0.15) is 0 Å². The minimum Gasteiger partial charge on any atom is -0.466 e. The van der Waals surface area contributed by atoms with Crippen LogP contribution in [0.15, 0.2) is 0 Å². The number of ether oxygens (including phenoxy) is 2. The summed E-state index contributed by atoms with van der Waals surface area (Å²) in [4.78, 5) is 34.2. The Kier molecular flexibility index (Phi) is 9.75. The average molecular weight is 272 g/mol. The zero-order valence-corrected chi connectivity index (χ0v) is 12.1. The maximum atomic E-state index is 11.6. The molecule has 0 bridgehead atoms. The second-order valence-corrected chi connectivity index (χ2v) is 4.53. The molecule has 19 heavy (non-hydrogen) atoms. The first-order valence-corrected chi connectivity index (χ1v) is 6.85. The third-order valence-corrected chi connectivity index (χ3v) is 2.46. The molecule has 5 nitrogen and oxygen atoms in total. The van der Waals surface area contributed by atoms with Gasteiger partial charge in [0.2, 0.25) is 0 Å². The molecule has 0 spiro atoms. The van der Waals surface area contributed by atoms with Crippen LogP contribution >= 0.6 is 0 Å². The van der Waals surface area contributed by atoms with E-state index in [0.717, 1.165) is 12.8 Å². The van der Waals surface area contributed by atoms with E-state index in [1.807, 2.05) is 13.8 Å². The first kappa shape index (κ1) is 17.6. The maximum Gasteiger partial charge on any atom is 0.309 e. The van der Waals surface area contributed by atoms with Gasteiger partial charge < -0.3 is 9.47 Å². The topological polar surface area (TPSA) is 69.7 Å². The van der Waals surface area contributed by atoms with Crippen LogP contribution < -0.4 is 0 Å². The molecule has 0 aliphatic rings. The lowest BCUT2D eigenvalue weighted by Gasteiger charge is -2.10. The molecule has 0 aromatic rings. The summed E-state index contributed by atoms with van der Waals surface area (Å²) in [6, 6.07) is 0. The Morgan fingerprint density at radius 3 is 2.11 bits per heavy atom. The highest BCUT2D eigenvalue weighted by molar-refractivity contribution is 5.86. The van der Waals surface area contributed by atoms with Gasteiger partial charge >= 0.3 is 11.9 Å². The molecule has 0 aliphatic heterocycles. The van der Waals surface area contributed by atoms with E-state index < -0.39 is 5.92 Å². The van der Waals surface area contributed by atoms with E-state index in [4.69, 9.17) is 9.47 Å². The molecule has 1 unspecified atom stereocenters. The fraction of sp³-hybridized carbons (Fsp3) is 0.786. The first-order chi connectivity index (χ1) is 9.01. The number of rotatable bonds is 10. The van der Waals surface area contributed by atoms with Gasteiger partial charge in [0.15, 0.2) is 0 Å². The molecular formula is C14H24O5. The van der Waals surface area contributed by atoms with E-state index in [2.05, 4.69) is 0 Å². The fourth-order valence-corrected chi connectivity index (χ4v) is 1.40. The lowest BCUT2D eigenvalue weighted by Crippen LogP contribution is -2.19. The first-order valence-electron chi connectivity index (χ1n) is 6.85. The van der Waals surface area contributed by atoms with Crippen LogP contribution in [0.1, 0.15) is 52.9 Å². The number of ketones is 1. The van der Waals surface area contributed by atoms with Crippen molar-refractivity contribution in [1.82, 2.24) is 0 Å². The predicted molar refractivity (Wildman–Crippen MR) is 70.5 cm³/mol. The van der Waals surface area contributed by atoms with Gasteiger partial charge in [-0.15, -0.1) is 0 Å². The summed E-state index contributed by atoms with van der Waals surface area (Å²) in [5.74, 6) is -1.29. The monoisotopic (exact) mass is 272 g/mol. The van der Waals surface area contributed by atoms with E-state index in [1.165, 1.54) is 0 Å². The Morgan fingerprint density at radius 2 is 1.53 bits per heavy atom. The normalized spacial score (nSPS) is 11.7. The van der Waals surface area contributed by atoms with Crippen molar-refractivity contribution >= 4 is 17.7 Å². The van der Waals surface area contributed by atoms with Gasteiger partial charge in [0.1, 0.15) is 5.78 Å². The summed E-state index contributed by atoms with van der Waals surface area (Å²) in [6.45, 7) is 6.23. The molecule has 0 radical (unpaired) electrons. The van der Waals surface area contributed by atoms with Gasteiger partial charge in [-0.1, -0.05) is 20.8 Å². The van der Waals surface area contributed by atoms with Crippen LogP contribution in [0, 0.1) is 5.92 Å². The maximum absolute atomic E-state index is 11.6. The lowest BCUT2D eigenvalue weighted by atomic mass is 10.0. The third kappa shape index (κ3) is 9.22. The van der Waals surface area contributed by atoms with Crippen molar-refractivity contribution in [3.8, 4) is 0 Å². The van der Waals surface area contributed by atoms with E-state index in [1.54, 1.807) is 6.92 Å². The van der Waals surface area contributed by atoms with Crippen LogP contribution in [0.25, 0.3) is 0 Å². The third-order valence-electron chi connectivity index (χ3n) is 2.46. The Bertz CT molecular complexity index is 298. The molecule has 0 N–H and O–H groups in total. The van der Waals surface area contributed by atoms with E-state index in [9.17, 15) is 14.4 Å². The molecule has 0 amide bonds. The van der Waals surface area contributed by atoms with Crippen molar-refractivity contribution in [2.75, 3.05) is 13.2 Å². The summed E-state index contributed by atoms with van der Waals surface area (Å²) in [7, 11) is 0. The molecule has 0 heterocycles. The smallest absolute Gasteiger partial charge is 0.309 e. The van der Waals surface area contributed by atoms with Crippen LogP contribution in [-0.2, 0) is 23.9 Å². The van der Waals surface area contributed by atoms with Crippen LogP contribution in [0.2, 0.25) is 0 Å². The minimum absolute atomic E-state index is 0.0789. The second-order valence-electron chi connectivity index (χ2n) is 4.53. The quantitative estimate of drug-likeness (QED) is 0.570. The summed E-state index contributed by atoms with van der Waals surface area (Å²) in [5.41, 5.74) is 0. The molecule has 5 heteroatoms. The molecular weight excluding hydrogens is 248 g/mol. The van der Waals surface area contributed by atoms with Gasteiger partial charge in [-0.3, -0.25) is 14.4 Å². The zero-order chi connectivity index (χ0) is 14.7. The van der Waals surface area contributed by atoms with Gasteiger partial charge in [0, 0.05) is 12.8 Å². The van der Waals surface area contributed by atoms with Gasteiger partial charge in [0.05, 0.1) is 25.6 Å². The summed E-state index contributed by atoms with van der Waals surface area (Å²) < 4.78 is 9.81. The molecule has 0 aliphatic carbocycles. The molecule has 0 aromatic heterocycles. The van der Waals surface area contributed by atoms with Crippen molar-refractivity contribution in [1.29, 1.82) is 0 Å². The van der Waals surface area contributed by atoms with Crippen molar-refractivity contribution < 1.29 is 23.9 Å². The number of hydrogen-bond donors (Lipinski definition) is 0. The number of esters is 2. The average Bonchev–Trinajstić information content (AvgIpc) is 2.39. The Balaban J connectivity index is 3.84. The largest absolute Gasteiger partial charge is 0.466 e. The van der Waals surface area contributed by atoms with Crippen molar-refractivity contribution in [3.05, 3.63) is 0 Å². The SMILES string of the molecule is CCCOC(=O)CCC(=O)CC(C)C(=O)OCCC. The highest BCUT2D eigenvalue weighted by atomic mass is 16.5. The molecule has 0 fully saturated rings. The Hall–Kier alpha value is -1.39. The number of carbonyl (C=O) groups excluding carboxylic acids is 3. The summed E-state index contributed by atoms with van der Waals surface area (Å²) >= 11 is 0. The van der Waals surface area contributed by atoms with Gasteiger partial charge in [-0.05, 0) is 12.8 Å². The van der Waals surface area contributed by atoms with Crippen LogP contribution in [-0.4, -0.2) is 30.9 Å². The minimum atomic E-state index is -0.453. The molecule has 0 rings (SSSR count). The molecule has 0 saturated carbocycles. The second kappa shape index (κ2) is 10.5. The number of carbonyl (C=O) groups is 3. The Morgan fingerprint density at radius 1 is 0.947 bits per heavy atom. The lowest BCUT2D eigenvalue weighted by molar-refractivity contribution is -0.149. The summed E-state index contributed by atoms with van der Waals surface area (Å²) in [6.07, 6.45) is 1.84. The van der Waals surface area contributed by atoms with Gasteiger partial charge in [0.25, 0.3) is 0 Å². The van der Waals surface area contributed by atoms with Gasteiger partial charge in [-0.25, -0.2) is 0 Å². The van der Waals surface area contributed by atoms with Crippen molar-refractivity contribution in [3.63, 3.8) is 0 Å². The zero-order valence-electron chi connectivity index (χ0n) is 12.1. The summed E-state index contributed by atoms with van der Waals surface area (Å²) in [5, 5.41) is 0. The van der Waals surface area contributed by atoms with E-state index in [0.29, 0.717) is 13.2 Å². The van der Waals surface area contributed by atoms with Crippen LogP contribution in [0.5, 0.6) is 0 Å². The molecule has 0 saturated heterocycles. The van der Waals surface area contributed by atoms with Crippen molar-refractivity contribution in [2.24, 2.45) is 5.92 Å². The number of hydrogen-bond acceptors (Lipinski definition) is 5. The number of Topliss-reactive ketones (excluding diaryl/α,β-unsaturated/α-hetero) is 1. The van der Waals surface area contributed by atoms with Crippen LogP contribution in [0.4, 0.5) is 0 Å². The van der Waals surface area contributed by atoms with E-state index in [-0.39, 0.29) is 37.0 Å². The Labute approximate surface area is 114 Å². The fourth-order valence-electron chi connectivity index (χ4n) is 1.40. The molecule has 1 atom stereocenters. The van der Waals surface area contributed by atoms with Crippen LogP contribution in [0.3, 0.4) is 0 Å². The predicted octanol–water partition coefficient (Wildman–Crippen LogP) is 2.27. The highest BCUT2D eigenvalue weighted by Gasteiger charge is 2.18. The standard InChI is InChI=1S/C14H24O5/c1-4-8-18-13(16)7-6-12(15)10-11(3)14(17)19-9-5-2/h11H,4-10H2,1-3H3. The highest BCUT2D eigenvalue weighted by Crippen LogP contribution is 2.09. The van der Waals surface area contributed by atoms with Crippen molar-refractivity contribution in [2.45, 2.75) is 52.9 Å². The molecule has 110 valence electrons. The van der Waals surface area contributed by atoms with E-state index >= 15 is 0 Å². The molecule has 0 aromatic carbocycles.